The maximum Gasteiger partial charge on any atom is 0.312 e. The molecule has 5 nitrogen and oxygen atoms in total. The van der Waals surface area contributed by atoms with E-state index in [1.807, 2.05) is 7.05 Å². The molecule has 0 saturated heterocycles. The molecule has 1 aliphatic carbocycles. The molecule has 7 heteroatoms. The van der Waals surface area contributed by atoms with Gasteiger partial charge in [0.25, 0.3) is 0 Å². The van der Waals surface area contributed by atoms with Gasteiger partial charge >= 0.3 is 5.69 Å². The van der Waals surface area contributed by atoms with Crippen LogP contribution in [0.3, 0.4) is 0 Å². The molecule has 0 aromatic heterocycles. The third-order valence-corrected chi connectivity index (χ3v) is 3.60. The largest absolute Gasteiger partial charge is 0.483 e. The number of hydrogen-bond donors (Lipinski definition) is 1. The van der Waals surface area contributed by atoms with Crippen molar-refractivity contribution in [3.8, 4) is 5.75 Å². The second-order valence-corrected chi connectivity index (χ2v) is 5.04. The van der Waals surface area contributed by atoms with Crippen molar-refractivity contribution in [3.05, 3.63) is 32.5 Å². The predicted octanol–water partition coefficient (Wildman–Crippen LogP) is 2.63. The summed E-state index contributed by atoms with van der Waals surface area (Å²) in [6, 6.07) is 2.54. The first-order chi connectivity index (χ1) is 8.51. The quantitative estimate of drug-likeness (QED) is 0.684. The fourth-order valence-electron chi connectivity index (χ4n) is 1.83. The average Bonchev–Trinajstić information content (AvgIpc) is 2.26. The summed E-state index contributed by atoms with van der Waals surface area (Å²) in [4.78, 5) is 10.3. The molecule has 1 N–H and O–H groups in total. The van der Waals surface area contributed by atoms with Gasteiger partial charge in [-0.2, -0.15) is 0 Å². The number of nitro benzene ring substituents is 1. The number of nitro groups is 1. The molecule has 1 fully saturated rings. The Bertz CT molecular complexity index is 478. The number of benzene rings is 1. The van der Waals surface area contributed by atoms with Gasteiger partial charge in [0.2, 0.25) is 0 Å². The van der Waals surface area contributed by atoms with Gasteiger partial charge in [0.15, 0.2) is 5.75 Å². The highest BCUT2D eigenvalue weighted by Crippen LogP contribution is 2.35. The van der Waals surface area contributed by atoms with Gasteiger partial charge in [-0.05, 0) is 35.8 Å². The van der Waals surface area contributed by atoms with E-state index in [0.29, 0.717) is 6.04 Å². The van der Waals surface area contributed by atoms with E-state index in [0.717, 1.165) is 25.0 Å². The Balaban J connectivity index is 2.16. The van der Waals surface area contributed by atoms with Crippen LogP contribution in [0.2, 0.25) is 0 Å². The summed E-state index contributed by atoms with van der Waals surface area (Å²) in [6.07, 6.45) is 1.44. The molecule has 0 amide bonds. The Morgan fingerprint density at radius 2 is 2.22 bits per heavy atom. The molecule has 2 rings (SSSR count). The zero-order valence-electron chi connectivity index (χ0n) is 9.65. The molecular formula is C11H12BrFN2O3. The van der Waals surface area contributed by atoms with Crippen molar-refractivity contribution < 1.29 is 14.1 Å². The van der Waals surface area contributed by atoms with Gasteiger partial charge in [0.1, 0.15) is 11.9 Å². The van der Waals surface area contributed by atoms with E-state index in [1.54, 1.807) is 0 Å². The van der Waals surface area contributed by atoms with Crippen LogP contribution in [0, 0.1) is 15.9 Å². The van der Waals surface area contributed by atoms with Crippen LogP contribution in [0.5, 0.6) is 5.75 Å². The minimum Gasteiger partial charge on any atom is -0.483 e. The van der Waals surface area contributed by atoms with Crippen LogP contribution in [0.4, 0.5) is 10.1 Å². The molecule has 0 unspecified atom stereocenters. The first kappa shape index (κ1) is 13.2. The van der Waals surface area contributed by atoms with E-state index in [1.165, 1.54) is 0 Å². The zero-order chi connectivity index (χ0) is 13.3. The number of nitrogens with one attached hydrogen (secondary N) is 1. The summed E-state index contributed by atoms with van der Waals surface area (Å²) in [5, 5.41) is 13.9. The molecule has 1 aliphatic rings. The molecule has 1 saturated carbocycles. The first-order valence-electron chi connectivity index (χ1n) is 5.48. The van der Waals surface area contributed by atoms with Gasteiger partial charge in [-0.1, -0.05) is 0 Å². The summed E-state index contributed by atoms with van der Waals surface area (Å²) < 4.78 is 18.9. The number of ether oxygens (including phenoxy) is 1. The number of hydrogen-bond acceptors (Lipinski definition) is 4. The maximum absolute atomic E-state index is 13.4. The highest BCUT2D eigenvalue weighted by Gasteiger charge is 2.31. The van der Waals surface area contributed by atoms with Crippen LogP contribution >= 0.6 is 15.9 Å². The lowest BCUT2D eigenvalue weighted by molar-refractivity contribution is -0.386. The molecule has 98 valence electrons. The molecule has 1 aromatic rings. The second-order valence-electron chi connectivity index (χ2n) is 4.19. The van der Waals surface area contributed by atoms with E-state index in [2.05, 4.69) is 21.2 Å². The van der Waals surface area contributed by atoms with Crippen LogP contribution in [-0.4, -0.2) is 24.1 Å². The molecule has 0 aliphatic heterocycles. The molecule has 1 aromatic carbocycles. The van der Waals surface area contributed by atoms with Gasteiger partial charge in [-0.15, -0.1) is 0 Å². The second kappa shape index (κ2) is 5.19. The molecule has 0 atom stereocenters. The highest BCUT2D eigenvalue weighted by molar-refractivity contribution is 9.10. The van der Waals surface area contributed by atoms with Crippen LogP contribution in [-0.2, 0) is 0 Å². The van der Waals surface area contributed by atoms with Gasteiger partial charge in [-0.3, -0.25) is 10.1 Å². The molecule has 0 heterocycles. The lowest BCUT2D eigenvalue weighted by atomic mass is 9.89. The van der Waals surface area contributed by atoms with E-state index < -0.39 is 10.7 Å². The van der Waals surface area contributed by atoms with Crippen LogP contribution in [0.1, 0.15) is 12.8 Å². The molecule has 0 spiro atoms. The van der Waals surface area contributed by atoms with Crippen molar-refractivity contribution in [1.82, 2.24) is 5.32 Å². The predicted molar refractivity (Wildman–Crippen MR) is 67.3 cm³/mol. The average molecular weight is 319 g/mol. The van der Waals surface area contributed by atoms with Gasteiger partial charge in [0.05, 0.1) is 9.40 Å². The monoisotopic (exact) mass is 318 g/mol. The van der Waals surface area contributed by atoms with Gasteiger partial charge in [0, 0.05) is 18.2 Å². The summed E-state index contributed by atoms with van der Waals surface area (Å²) >= 11 is 2.92. The topological polar surface area (TPSA) is 64.4 Å². The van der Waals surface area contributed by atoms with Gasteiger partial charge < -0.3 is 10.1 Å². The van der Waals surface area contributed by atoms with E-state index in [4.69, 9.17) is 4.74 Å². The van der Waals surface area contributed by atoms with Crippen molar-refractivity contribution in [2.75, 3.05) is 7.05 Å². The highest BCUT2D eigenvalue weighted by atomic mass is 79.9. The third-order valence-electron chi connectivity index (χ3n) is 3.00. The molecule has 0 bridgehead atoms. The Kier molecular flexibility index (Phi) is 3.82. The minimum atomic E-state index is -0.576. The molecular weight excluding hydrogens is 307 g/mol. The van der Waals surface area contributed by atoms with Crippen molar-refractivity contribution >= 4 is 21.6 Å². The number of nitrogens with zero attached hydrogens (tertiary/aromatic N) is 1. The van der Waals surface area contributed by atoms with Crippen molar-refractivity contribution in [2.24, 2.45) is 0 Å². The Morgan fingerprint density at radius 3 is 2.78 bits per heavy atom. The Morgan fingerprint density at radius 1 is 1.56 bits per heavy atom. The van der Waals surface area contributed by atoms with Crippen molar-refractivity contribution in [2.45, 2.75) is 25.0 Å². The van der Waals surface area contributed by atoms with Crippen LogP contribution in [0.25, 0.3) is 0 Å². The lowest BCUT2D eigenvalue weighted by Crippen LogP contribution is -2.45. The SMILES string of the molecule is CNC1CC(Oc2cc(F)c(Br)cc2[N+](=O)[O-])C1. The van der Waals surface area contributed by atoms with Crippen LogP contribution in [0.15, 0.2) is 16.6 Å². The number of halogens is 2. The summed E-state index contributed by atoms with van der Waals surface area (Å²) in [5.41, 5.74) is -0.226. The summed E-state index contributed by atoms with van der Waals surface area (Å²) in [6.45, 7) is 0. The van der Waals surface area contributed by atoms with Crippen molar-refractivity contribution in [1.29, 1.82) is 0 Å². The van der Waals surface area contributed by atoms with Crippen LogP contribution < -0.4 is 10.1 Å². The Hall–Kier alpha value is -1.21. The smallest absolute Gasteiger partial charge is 0.312 e. The summed E-state index contributed by atoms with van der Waals surface area (Å²) in [7, 11) is 1.85. The van der Waals surface area contributed by atoms with Crippen molar-refractivity contribution in [3.63, 3.8) is 0 Å². The maximum atomic E-state index is 13.4. The lowest BCUT2D eigenvalue weighted by Gasteiger charge is -2.34. The third kappa shape index (κ3) is 2.62. The fraction of sp³-hybridized carbons (Fsp3) is 0.455. The minimum absolute atomic E-state index is 0.0137. The van der Waals surface area contributed by atoms with E-state index in [-0.39, 0.29) is 22.0 Å². The Labute approximate surface area is 112 Å². The van der Waals surface area contributed by atoms with E-state index >= 15 is 0 Å². The first-order valence-corrected chi connectivity index (χ1v) is 6.28. The van der Waals surface area contributed by atoms with Gasteiger partial charge in [-0.25, -0.2) is 4.39 Å². The summed E-state index contributed by atoms with van der Waals surface area (Å²) in [5.74, 6) is -0.583. The molecule has 0 radical (unpaired) electrons. The fourth-order valence-corrected chi connectivity index (χ4v) is 2.16. The normalized spacial score (nSPS) is 22.4. The number of rotatable bonds is 4. The standard InChI is InChI=1S/C11H12BrFN2O3/c1-14-6-2-7(3-6)18-11-5-9(13)8(12)4-10(11)15(16)17/h4-7,14H,2-3H2,1H3. The molecule has 18 heavy (non-hydrogen) atoms. The zero-order valence-corrected chi connectivity index (χ0v) is 11.2. The van der Waals surface area contributed by atoms with E-state index in [9.17, 15) is 14.5 Å².